The fraction of sp³-hybridized carbons (Fsp3) is 0.188. The largest absolute Gasteiger partial charge is 0.416 e. The molecule has 0 aliphatic rings. The Morgan fingerprint density at radius 2 is 1.57 bits per heavy atom. The van der Waals surface area contributed by atoms with Gasteiger partial charge in [-0.05, 0) is 35.4 Å². The minimum absolute atomic E-state index is 0.0691. The van der Waals surface area contributed by atoms with Crippen molar-refractivity contribution in [2.75, 3.05) is 5.73 Å². The van der Waals surface area contributed by atoms with Crippen LogP contribution in [0.2, 0.25) is 0 Å². The van der Waals surface area contributed by atoms with E-state index in [9.17, 15) is 18.0 Å². The van der Waals surface area contributed by atoms with Crippen LogP contribution < -0.4 is 5.73 Å². The molecule has 0 heterocycles. The second-order valence-electron chi connectivity index (χ2n) is 4.83. The van der Waals surface area contributed by atoms with Crippen LogP contribution in [0.3, 0.4) is 0 Å². The number of ketones is 1. The van der Waals surface area contributed by atoms with Crippen LogP contribution >= 0.6 is 0 Å². The minimum atomic E-state index is -4.36. The lowest BCUT2D eigenvalue weighted by atomic mass is 10.0. The summed E-state index contributed by atoms with van der Waals surface area (Å²) in [7, 11) is 0. The van der Waals surface area contributed by atoms with Crippen LogP contribution in [0.15, 0.2) is 48.5 Å². The van der Waals surface area contributed by atoms with Crippen molar-refractivity contribution in [1.82, 2.24) is 0 Å². The number of halogens is 3. The Morgan fingerprint density at radius 1 is 0.952 bits per heavy atom. The number of hydrogen-bond donors (Lipinski definition) is 1. The molecule has 0 radical (unpaired) electrons. The van der Waals surface area contributed by atoms with Gasteiger partial charge >= 0.3 is 6.18 Å². The highest BCUT2D eigenvalue weighted by molar-refractivity contribution is 5.83. The van der Waals surface area contributed by atoms with Gasteiger partial charge in [-0.1, -0.05) is 24.3 Å². The zero-order chi connectivity index (χ0) is 15.5. The van der Waals surface area contributed by atoms with E-state index in [1.165, 1.54) is 12.1 Å². The molecule has 0 unspecified atom stereocenters. The molecule has 2 nitrogen and oxygen atoms in total. The molecule has 0 aromatic heterocycles. The maximum Gasteiger partial charge on any atom is 0.416 e. The Kier molecular flexibility index (Phi) is 4.31. The van der Waals surface area contributed by atoms with E-state index in [0.717, 1.165) is 17.7 Å². The van der Waals surface area contributed by atoms with E-state index in [1.807, 2.05) is 0 Å². The molecule has 0 amide bonds. The topological polar surface area (TPSA) is 43.1 Å². The molecular weight excluding hydrogens is 279 g/mol. The fourth-order valence-corrected chi connectivity index (χ4v) is 2.03. The van der Waals surface area contributed by atoms with Crippen molar-refractivity contribution >= 4 is 11.5 Å². The number of carbonyl (C=O) groups is 1. The van der Waals surface area contributed by atoms with E-state index in [4.69, 9.17) is 5.73 Å². The van der Waals surface area contributed by atoms with Crippen LogP contribution in [0.5, 0.6) is 0 Å². The van der Waals surface area contributed by atoms with Crippen molar-refractivity contribution in [3.05, 3.63) is 65.2 Å². The van der Waals surface area contributed by atoms with Gasteiger partial charge < -0.3 is 5.73 Å². The smallest absolute Gasteiger partial charge is 0.399 e. The maximum absolute atomic E-state index is 12.4. The molecule has 0 aliphatic carbocycles. The molecular formula is C16H14F3NO. The molecule has 21 heavy (non-hydrogen) atoms. The Labute approximate surface area is 120 Å². The quantitative estimate of drug-likeness (QED) is 0.875. The van der Waals surface area contributed by atoms with E-state index >= 15 is 0 Å². The third kappa shape index (κ3) is 4.34. The molecule has 0 aliphatic heterocycles. The highest BCUT2D eigenvalue weighted by Crippen LogP contribution is 2.29. The predicted molar refractivity (Wildman–Crippen MR) is 74.7 cm³/mol. The van der Waals surface area contributed by atoms with Crippen molar-refractivity contribution in [3.8, 4) is 0 Å². The van der Waals surface area contributed by atoms with Crippen molar-refractivity contribution in [3.63, 3.8) is 0 Å². The monoisotopic (exact) mass is 293 g/mol. The van der Waals surface area contributed by atoms with Crippen LogP contribution in [0.25, 0.3) is 0 Å². The van der Waals surface area contributed by atoms with Crippen molar-refractivity contribution in [2.24, 2.45) is 0 Å². The van der Waals surface area contributed by atoms with Gasteiger partial charge in [-0.2, -0.15) is 13.2 Å². The summed E-state index contributed by atoms with van der Waals surface area (Å²) in [6, 6.07) is 11.6. The number of alkyl halides is 3. The molecule has 0 saturated carbocycles. The van der Waals surface area contributed by atoms with Gasteiger partial charge in [-0.25, -0.2) is 0 Å². The third-order valence-electron chi connectivity index (χ3n) is 3.03. The molecule has 2 aromatic carbocycles. The molecule has 0 saturated heterocycles. The van der Waals surface area contributed by atoms with Crippen LogP contribution in [-0.2, 0) is 23.8 Å². The fourth-order valence-electron chi connectivity index (χ4n) is 2.03. The number of Topliss-reactive ketones (excluding diaryl/α,β-unsaturated/α-hetero) is 1. The standard InChI is InChI=1S/C16H14F3NO/c17-16(18,19)13-6-4-11(5-7-13)9-15(21)10-12-2-1-3-14(20)8-12/h1-8H,9-10,20H2. The highest BCUT2D eigenvalue weighted by atomic mass is 19.4. The van der Waals surface area contributed by atoms with Crippen LogP contribution in [0.4, 0.5) is 18.9 Å². The number of anilines is 1. The second kappa shape index (κ2) is 5.99. The Hall–Kier alpha value is -2.30. The summed E-state index contributed by atoms with van der Waals surface area (Å²) in [5, 5.41) is 0. The van der Waals surface area contributed by atoms with Crippen molar-refractivity contribution in [1.29, 1.82) is 0 Å². The summed E-state index contributed by atoms with van der Waals surface area (Å²) >= 11 is 0. The van der Waals surface area contributed by atoms with Gasteiger partial charge in [0.05, 0.1) is 5.56 Å². The first-order valence-corrected chi connectivity index (χ1v) is 6.37. The van der Waals surface area contributed by atoms with E-state index < -0.39 is 11.7 Å². The van der Waals surface area contributed by atoms with E-state index in [2.05, 4.69) is 0 Å². The second-order valence-corrected chi connectivity index (χ2v) is 4.83. The van der Waals surface area contributed by atoms with Gasteiger partial charge in [0.25, 0.3) is 0 Å². The lowest BCUT2D eigenvalue weighted by molar-refractivity contribution is -0.137. The molecule has 2 N–H and O–H groups in total. The zero-order valence-corrected chi connectivity index (χ0v) is 11.2. The normalized spacial score (nSPS) is 11.4. The van der Waals surface area contributed by atoms with Crippen LogP contribution in [-0.4, -0.2) is 5.78 Å². The summed E-state index contributed by atoms with van der Waals surface area (Å²) in [5.74, 6) is -0.0691. The molecule has 0 bridgehead atoms. The van der Waals surface area contributed by atoms with Gasteiger partial charge in [0.1, 0.15) is 5.78 Å². The first-order valence-electron chi connectivity index (χ1n) is 6.37. The van der Waals surface area contributed by atoms with Gasteiger partial charge in [0.15, 0.2) is 0 Å². The molecule has 110 valence electrons. The minimum Gasteiger partial charge on any atom is -0.399 e. The molecule has 0 fully saturated rings. The lowest BCUT2D eigenvalue weighted by Crippen LogP contribution is -2.08. The van der Waals surface area contributed by atoms with Crippen LogP contribution in [0, 0.1) is 0 Å². The molecule has 0 spiro atoms. The summed E-state index contributed by atoms with van der Waals surface area (Å²) < 4.78 is 37.3. The van der Waals surface area contributed by atoms with E-state index in [-0.39, 0.29) is 18.6 Å². The number of benzene rings is 2. The molecule has 0 atom stereocenters. The van der Waals surface area contributed by atoms with Gasteiger partial charge in [0.2, 0.25) is 0 Å². The summed E-state index contributed by atoms with van der Waals surface area (Å²) in [5.41, 5.74) is 6.86. The zero-order valence-electron chi connectivity index (χ0n) is 11.2. The molecule has 2 aromatic rings. The Morgan fingerprint density at radius 3 is 2.14 bits per heavy atom. The van der Waals surface area contributed by atoms with E-state index in [0.29, 0.717) is 11.3 Å². The highest BCUT2D eigenvalue weighted by Gasteiger charge is 2.29. The van der Waals surface area contributed by atoms with Crippen LogP contribution in [0.1, 0.15) is 16.7 Å². The average Bonchev–Trinajstić information content (AvgIpc) is 2.38. The number of hydrogen-bond acceptors (Lipinski definition) is 2. The maximum atomic E-state index is 12.4. The Balaban J connectivity index is 2.00. The summed E-state index contributed by atoms with van der Waals surface area (Å²) in [6.07, 6.45) is -4.04. The van der Waals surface area contributed by atoms with Gasteiger partial charge in [0, 0.05) is 18.5 Å². The molecule has 2 rings (SSSR count). The number of rotatable bonds is 4. The number of nitrogen functional groups attached to an aromatic ring is 1. The first kappa shape index (κ1) is 15.1. The predicted octanol–water partition coefficient (Wildman–Crippen LogP) is 3.64. The van der Waals surface area contributed by atoms with Gasteiger partial charge in [-0.15, -0.1) is 0 Å². The lowest BCUT2D eigenvalue weighted by Gasteiger charge is -2.07. The Bertz CT molecular complexity index is 633. The number of nitrogens with two attached hydrogens (primary N) is 1. The van der Waals surface area contributed by atoms with Crippen molar-refractivity contribution < 1.29 is 18.0 Å². The number of carbonyl (C=O) groups excluding carboxylic acids is 1. The van der Waals surface area contributed by atoms with Gasteiger partial charge in [-0.3, -0.25) is 4.79 Å². The third-order valence-corrected chi connectivity index (χ3v) is 3.03. The van der Waals surface area contributed by atoms with E-state index in [1.54, 1.807) is 24.3 Å². The molecule has 5 heteroatoms. The summed E-state index contributed by atoms with van der Waals surface area (Å²) in [6.45, 7) is 0. The average molecular weight is 293 g/mol. The first-order chi connectivity index (χ1) is 9.84. The SMILES string of the molecule is Nc1cccc(CC(=O)Cc2ccc(C(F)(F)F)cc2)c1. The summed E-state index contributed by atoms with van der Waals surface area (Å²) in [4.78, 5) is 11.9. The van der Waals surface area contributed by atoms with Crippen molar-refractivity contribution in [2.45, 2.75) is 19.0 Å².